The predicted molar refractivity (Wildman–Crippen MR) is 58.5 cm³/mol. The first-order valence-electron chi connectivity index (χ1n) is 4.86. The van der Waals surface area contributed by atoms with Crippen LogP contribution < -0.4 is 5.32 Å². The summed E-state index contributed by atoms with van der Waals surface area (Å²) in [5.74, 6) is 1.03. The van der Waals surface area contributed by atoms with Gasteiger partial charge in [0.05, 0.1) is 12.2 Å². The number of pyridine rings is 1. The van der Waals surface area contributed by atoms with Crippen LogP contribution in [0, 0.1) is 17.2 Å². The Kier molecular flexibility index (Phi) is 4.58. The van der Waals surface area contributed by atoms with E-state index in [1.807, 2.05) is 0 Å². The lowest BCUT2D eigenvalue weighted by Crippen LogP contribution is -2.16. The second kappa shape index (κ2) is 5.99. The SMILES string of the molecule is COCC(C)CNc1ncccc1C#N. The number of methoxy groups -OCH3 is 1. The van der Waals surface area contributed by atoms with Crippen LogP contribution in [0.5, 0.6) is 0 Å². The Hall–Kier alpha value is -1.60. The molecule has 1 unspecified atom stereocenters. The molecule has 1 aromatic heterocycles. The fraction of sp³-hybridized carbons (Fsp3) is 0.455. The van der Waals surface area contributed by atoms with Crippen molar-refractivity contribution in [3.05, 3.63) is 23.9 Å². The molecule has 4 heteroatoms. The molecule has 0 radical (unpaired) electrons. The van der Waals surface area contributed by atoms with Crippen molar-refractivity contribution in [1.29, 1.82) is 5.26 Å². The van der Waals surface area contributed by atoms with Gasteiger partial charge in [-0.2, -0.15) is 5.26 Å². The summed E-state index contributed by atoms with van der Waals surface area (Å²) in [6.45, 7) is 3.52. The number of hydrogen-bond acceptors (Lipinski definition) is 4. The highest BCUT2D eigenvalue weighted by molar-refractivity contribution is 5.51. The van der Waals surface area contributed by atoms with E-state index in [2.05, 4.69) is 23.3 Å². The van der Waals surface area contributed by atoms with Gasteiger partial charge in [-0.1, -0.05) is 6.92 Å². The molecule has 0 bridgehead atoms. The maximum atomic E-state index is 8.83. The van der Waals surface area contributed by atoms with Gasteiger partial charge < -0.3 is 10.1 Å². The van der Waals surface area contributed by atoms with Crippen molar-refractivity contribution < 1.29 is 4.74 Å². The summed E-state index contributed by atoms with van der Waals surface area (Å²) in [4.78, 5) is 4.11. The molecule has 0 amide bonds. The third-order valence-electron chi connectivity index (χ3n) is 2.00. The fourth-order valence-electron chi connectivity index (χ4n) is 1.25. The van der Waals surface area contributed by atoms with Crippen LogP contribution in [0.25, 0.3) is 0 Å². The van der Waals surface area contributed by atoms with Gasteiger partial charge in [-0.15, -0.1) is 0 Å². The van der Waals surface area contributed by atoms with Crippen LogP contribution in [-0.4, -0.2) is 25.2 Å². The summed E-state index contributed by atoms with van der Waals surface area (Å²) >= 11 is 0. The van der Waals surface area contributed by atoms with Crippen molar-refractivity contribution in [2.45, 2.75) is 6.92 Å². The van der Waals surface area contributed by atoms with E-state index in [1.54, 1.807) is 25.4 Å². The van der Waals surface area contributed by atoms with E-state index in [4.69, 9.17) is 10.00 Å². The standard InChI is InChI=1S/C11H15N3O/c1-9(8-15-2)7-14-11-10(6-12)4-3-5-13-11/h3-5,9H,7-8H2,1-2H3,(H,13,14). The Morgan fingerprint density at radius 1 is 1.67 bits per heavy atom. The van der Waals surface area contributed by atoms with Crippen molar-refractivity contribution >= 4 is 5.82 Å². The molecule has 1 heterocycles. The van der Waals surface area contributed by atoms with Gasteiger partial charge in [0, 0.05) is 19.9 Å². The van der Waals surface area contributed by atoms with Crippen molar-refractivity contribution in [2.24, 2.45) is 5.92 Å². The first-order chi connectivity index (χ1) is 7.27. The quantitative estimate of drug-likeness (QED) is 0.794. The molecule has 1 rings (SSSR count). The molecule has 0 aromatic carbocycles. The van der Waals surface area contributed by atoms with Gasteiger partial charge in [0.15, 0.2) is 0 Å². The van der Waals surface area contributed by atoms with Gasteiger partial charge in [-0.3, -0.25) is 0 Å². The molecule has 0 saturated carbocycles. The number of nitriles is 1. The zero-order chi connectivity index (χ0) is 11.1. The topological polar surface area (TPSA) is 57.9 Å². The van der Waals surface area contributed by atoms with Gasteiger partial charge in [0.25, 0.3) is 0 Å². The summed E-state index contributed by atoms with van der Waals surface area (Å²) in [6.07, 6.45) is 1.67. The lowest BCUT2D eigenvalue weighted by atomic mass is 10.2. The van der Waals surface area contributed by atoms with Crippen LogP contribution in [0.15, 0.2) is 18.3 Å². The van der Waals surface area contributed by atoms with E-state index in [0.717, 1.165) is 6.54 Å². The highest BCUT2D eigenvalue weighted by Crippen LogP contribution is 2.10. The Bertz CT molecular complexity index is 346. The molecule has 0 fully saturated rings. The third kappa shape index (κ3) is 3.56. The van der Waals surface area contributed by atoms with Gasteiger partial charge in [-0.25, -0.2) is 4.98 Å². The molecule has 0 spiro atoms. The molecule has 1 N–H and O–H groups in total. The Balaban J connectivity index is 2.54. The van der Waals surface area contributed by atoms with Gasteiger partial charge in [-0.05, 0) is 18.1 Å². The van der Waals surface area contributed by atoms with Gasteiger partial charge in [0.1, 0.15) is 11.9 Å². The third-order valence-corrected chi connectivity index (χ3v) is 2.00. The van der Waals surface area contributed by atoms with Crippen molar-refractivity contribution in [3.63, 3.8) is 0 Å². The summed E-state index contributed by atoms with van der Waals surface area (Å²) in [5, 5.41) is 12.0. The monoisotopic (exact) mass is 205 g/mol. The lowest BCUT2D eigenvalue weighted by Gasteiger charge is -2.12. The zero-order valence-electron chi connectivity index (χ0n) is 9.03. The number of nitrogens with one attached hydrogen (secondary N) is 1. The van der Waals surface area contributed by atoms with E-state index in [-0.39, 0.29) is 0 Å². The minimum Gasteiger partial charge on any atom is -0.384 e. The second-order valence-corrected chi connectivity index (χ2v) is 3.45. The molecule has 0 saturated heterocycles. The number of nitrogens with zero attached hydrogens (tertiary/aromatic N) is 2. The van der Waals surface area contributed by atoms with Crippen LogP contribution in [-0.2, 0) is 4.74 Å². The number of anilines is 1. The maximum Gasteiger partial charge on any atom is 0.143 e. The molecule has 80 valence electrons. The maximum absolute atomic E-state index is 8.83. The molecule has 4 nitrogen and oxygen atoms in total. The Morgan fingerprint density at radius 3 is 3.13 bits per heavy atom. The van der Waals surface area contributed by atoms with Crippen molar-refractivity contribution in [2.75, 3.05) is 25.6 Å². The average molecular weight is 205 g/mol. The number of rotatable bonds is 5. The minimum absolute atomic E-state index is 0.392. The molecule has 0 aliphatic rings. The van der Waals surface area contributed by atoms with E-state index >= 15 is 0 Å². The molecule has 0 aliphatic carbocycles. The van der Waals surface area contributed by atoms with E-state index in [0.29, 0.717) is 23.9 Å². The highest BCUT2D eigenvalue weighted by atomic mass is 16.5. The highest BCUT2D eigenvalue weighted by Gasteiger charge is 2.04. The predicted octanol–water partition coefficient (Wildman–Crippen LogP) is 1.65. The summed E-state index contributed by atoms with van der Waals surface area (Å²) in [5.41, 5.74) is 0.571. The van der Waals surface area contributed by atoms with E-state index in [9.17, 15) is 0 Å². The summed E-state index contributed by atoms with van der Waals surface area (Å²) in [6, 6.07) is 5.59. The lowest BCUT2D eigenvalue weighted by molar-refractivity contribution is 0.164. The normalized spacial score (nSPS) is 11.8. The summed E-state index contributed by atoms with van der Waals surface area (Å²) in [7, 11) is 1.68. The van der Waals surface area contributed by atoms with Crippen LogP contribution in [0.4, 0.5) is 5.82 Å². The number of ether oxygens (including phenoxy) is 1. The van der Waals surface area contributed by atoms with Crippen LogP contribution >= 0.6 is 0 Å². The summed E-state index contributed by atoms with van der Waals surface area (Å²) < 4.78 is 5.02. The van der Waals surface area contributed by atoms with Gasteiger partial charge in [0.2, 0.25) is 0 Å². The van der Waals surface area contributed by atoms with Crippen molar-refractivity contribution in [3.8, 4) is 6.07 Å². The van der Waals surface area contributed by atoms with E-state index < -0.39 is 0 Å². The first kappa shape index (κ1) is 11.5. The zero-order valence-corrected chi connectivity index (χ0v) is 9.03. The molecule has 15 heavy (non-hydrogen) atoms. The second-order valence-electron chi connectivity index (χ2n) is 3.45. The van der Waals surface area contributed by atoms with Crippen LogP contribution in [0.2, 0.25) is 0 Å². The van der Waals surface area contributed by atoms with Crippen LogP contribution in [0.1, 0.15) is 12.5 Å². The molecule has 0 aliphatic heterocycles. The van der Waals surface area contributed by atoms with E-state index in [1.165, 1.54) is 0 Å². The molecular formula is C11H15N3O. The minimum atomic E-state index is 0.392. The van der Waals surface area contributed by atoms with Crippen LogP contribution in [0.3, 0.4) is 0 Å². The molecule has 1 aromatic rings. The first-order valence-corrected chi connectivity index (χ1v) is 4.86. The van der Waals surface area contributed by atoms with Crippen molar-refractivity contribution in [1.82, 2.24) is 4.98 Å². The molecule has 1 atom stereocenters. The van der Waals surface area contributed by atoms with Gasteiger partial charge >= 0.3 is 0 Å². The fourth-order valence-corrected chi connectivity index (χ4v) is 1.25. The Labute approximate surface area is 89.9 Å². The number of aromatic nitrogens is 1. The Morgan fingerprint density at radius 2 is 2.47 bits per heavy atom. The molecular weight excluding hydrogens is 190 g/mol. The average Bonchev–Trinajstić information content (AvgIpc) is 2.27. The smallest absolute Gasteiger partial charge is 0.143 e. The number of hydrogen-bond donors (Lipinski definition) is 1. The largest absolute Gasteiger partial charge is 0.384 e.